The Balaban J connectivity index is 1.90. The van der Waals surface area contributed by atoms with Crippen LogP contribution in [0.2, 0.25) is 0 Å². The number of anilines is 1. The Morgan fingerprint density at radius 1 is 1.15 bits per heavy atom. The van der Waals surface area contributed by atoms with Crippen LogP contribution in [0, 0.1) is 0 Å². The summed E-state index contributed by atoms with van der Waals surface area (Å²) >= 11 is 0. The van der Waals surface area contributed by atoms with Crippen LogP contribution in [0.25, 0.3) is 6.08 Å². The number of hydrogen-bond acceptors (Lipinski definition) is 5. The second-order valence-electron chi connectivity index (χ2n) is 5.93. The Kier molecular flexibility index (Phi) is 6.54. The van der Waals surface area contributed by atoms with Crippen LogP contribution in [-0.4, -0.2) is 34.9 Å². The Morgan fingerprint density at radius 3 is 2.46 bits per heavy atom. The topological polar surface area (TPSA) is 82.4 Å². The van der Waals surface area contributed by atoms with Crippen LogP contribution in [0.1, 0.15) is 32.4 Å². The maximum atomic E-state index is 12.2. The van der Waals surface area contributed by atoms with E-state index in [9.17, 15) is 9.59 Å². The van der Waals surface area contributed by atoms with Gasteiger partial charge in [-0.05, 0) is 44.5 Å². The van der Waals surface area contributed by atoms with Gasteiger partial charge >= 0.3 is 5.97 Å². The van der Waals surface area contributed by atoms with Gasteiger partial charge < -0.3 is 14.8 Å². The summed E-state index contributed by atoms with van der Waals surface area (Å²) in [6, 6.07) is 9.00. The van der Waals surface area contributed by atoms with Gasteiger partial charge in [-0.25, -0.2) is 9.48 Å². The van der Waals surface area contributed by atoms with Crippen molar-refractivity contribution in [1.29, 1.82) is 0 Å². The monoisotopic (exact) mass is 357 g/mol. The maximum absolute atomic E-state index is 12.2. The van der Waals surface area contributed by atoms with Crippen LogP contribution in [-0.2, 0) is 14.3 Å². The Morgan fingerprint density at radius 2 is 1.85 bits per heavy atom. The van der Waals surface area contributed by atoms with Crippen molar-refractivity contribution in [1.82, 2.24) is 9.78 Å². The summed E-state index contributed by atoms with van der Waals surface area (Å²) in [7, 11) is 1.59. The number of carbonyl (C=O) groups is 2. The third-order valence-corrected chi connectivity index (χ3v) is 3.60. The second-order valence-corrected chi connectivity index (χ2v) is 5.93. The molecule has 1 aromatic carbocycles. The molecule has 7 heteroatoms. The van der Waals surface area contributed by atoms with E-state index >= 15 is 0 Å². The van der Waals surface area contributed by atoms with Gasteiger partial charge in [-0.2, -0.15) is 5.10 Å². The predicted octanol–water partition coefficient (Wildman–Crippen LogP) is 3.06. The van der Waals surface area contributed by atoms with Crippen molar-refractivity contribution < 1.29 is 19.1 Å². The summed E-state index contributed by atoms with van der Waals surface area (Å²) in [6.45, 7) is 5.43. The Hall–Kier alpha value is -3.09. The first-order chi connectivity index (χ1) is 12.4. The first-order valence-electron chi connectivity index (χ1n) is 8.28. The molecule has 2 aromatic rings. The molecular weight excluding hydrogens is 334 g/mol. The summed E-state index contributed by atoms with van der Waals surface area (Å²) in [5, 5.41) is 6.85. The molecule has 0 spiro atoms. The third kappa shape index (κ3) is 5.20. The molecule has 0 aliphatic rings. The van der Waals surface area contributed by atoms with E-state index in [4.69, 9.17) is 9.47 Å². The van der Waals surface area contributed by atoms with Crippen molar-refractivity contribution >= 4 is 23.8 Å². The zero-order valence-corrected chi connectivity index (χ0v) is 15.3. The van der Waals surface area contributed by atoms with Gasteiger partial charge in [0, 0.05) is 18.2 Å². The van der Waals surface area contributed by atoms with Crippen LogP contribution in [0.4, 0.5) is 5.82 Å². The summed E-state index contributed by atoms with van der Waals surface area (Å²) in [6.07, 6.45) is 3.56. The summed E-state index contributed by atoms with van der Waals surface area (Å²) in [4.78, 5) is 24.1. The lowest BCUT2D eigenvalue weighted by Crippen LogP contribution is -2.30. The molecule has 0 unspecified atom stereocenters. The average Bonchev–Trinajstić information content (AvgIpc) is 3.08. The lowest BCUT2D eigenvalue weighted by molar-refractivity contribution is -0.148. The lowest BCUT2D eigenvalue weighted by Gasteiger charge is -2.15. The van der Waals surface area contributed by atoms with Crippen molar-refractivity contribution in [2.24, 2.45) is 0 Å². The standard InChI is InChI=1S/C19H23N3O4/c1-13(2)22-17(11-12-20-22)21-19(24)14(3)26-18(23)10-7-15-5-8-16(25-4)9-6-15/h5-14H,1-4H3,(H,21,24)/b10-7+/t14-/m0/s1. The number of benzene rings is 1. The van der Waals surface area contributed by atoms with E-state index in [1.165, 1.54) is 13.0 Å². The Bertz CT molecular complexity index is 778. The molecule has 0 fully saturated rings. The van der Waals surface area contributed by atoms with Gasteiger partial charge in [0.25, 0.3) is 5.91 Å². The zero-order valence-electron chi connectivity index (χ0n) is 15.3. The van der Waals surface area contributed by atoms with Crippen molar-refractivity contribution in [3.63, 3.8) is 0 Å². The van der Waals surface area contributed by atoms with E-state index in [0.717, 1.165) is 11.3 Å². The minimum absolute atomic E-state index is 0.102. The largest absolute Gasteiger partial charge is 0.497 e. The molecule has 1 heterocycles. The van der Waals surface area contributed by atoms with Crippen LogP contribution in [0.3, 0.4) is 0 Å². The summed E-state index contributed by atoms with van der Waals surface area (Å²) in [5.74, 6) is 0.275. The molecule has 1 aromatic heterocycles. The number of nitrogens with one attached hydrogen (secondary N) is 1. The van der Waals surface area contributed by atoms with Crippen molar-refractivity contribution in [2.75, 3.05) is 12.4 Å². The van der Waals surface area contributed by atoms with Gasteiger partial charge in [0.2, 0.25) is 0 Å². The van der Waals surface area contributed by atoms with Gasteiger partial charge in [0.1, 0.15) is 11.6 Å². The number of aromatic nitrogens is 2. The molecule has 1 N–H and O–H groups in total. The molecule has 1 atom stereocenters. The maximum Gasteiger partial charge on any atom is 0.331 e. The van der Waals surface area contributed by atoms with Gasteiger partial charge in [-0.15, -0.1) is 0 Å². The second kappa shape index (κ2) is 8.84. The highest BCUT2D eigenvalue weighted by atomic mass is 16.5. The van der Waals surface area contributed by atoms with E-state index in [1.54, 1.807) is 42.3 Å². The molecule has 2 rings (SSSR count). The number of rotatable bonds is 7. The molecule has 0 saturated carbocycles. The van der Waals surface area contributed by atoms with Gasteiger partial charge in [-0.1, -0.05) is 12.1 Å². The minimum atomic E-state index is -0.932. The van der Waals surface area contributed by atoms with Crippen LogP contribution in [0.5, 0.6) is 5.75 Å². The molecule has 1 amide bonds. The number of methoxy groups -OCH3 is 1. The fourth-order valence-corrected chi connectivity index (χ4v) is 2.20. The molecule has 0 aliphatic heterocycles. The number of ether oxygens (including phenoxy) is 2. The Labute approximate surface area is 152 Å². The molecule has 0 saturated heterocycles. The highest BCUT2D eigenvalue weighted by Gasteiger charge is 2.18. The van der Waals surface area contributed by atoms with Crippen molar-refractivity contribution in [2.45, 2.75) is 32.9 Å². The first-order valence-corrected chi connectivity index (χ1v) is 8.28. The third-order valence-electron chi connectivity index (χ3n) is 3.60. The zero-order chi connectivity index (χ0) is 19.1. The van der Waals surface area contributed by atoms with E-state index in [2.05, 4.69) is 10.4 Å². The number of hydrogen-bond donors (Lipinski definition) is 1. The fraction of sp³-hybridized carbons (Fsp3) is 0.316. The predicted molar refractivity (Wildman–Crippen MR) is 98.8 cm³/mol. The number of esters is 1. The fourth-order valence-electron chi connectivity index (χ4n) is 2.20. The normalized spacial score (nSPS) is 12.2. The van der Waals surface area contributed by atoms with E-state index in [-0.39, 0.29) is 6.04 Å². The average molecular weight is 357 g/mol. The SMILES string of the molecule is COc1ccc(/C=C/C(=O)O[C@@H](C)C(=O)Nc2ccnn2C(C)C)cc1. The number of nitrogens with zero attached hydrogens (tertiary/aromatic N) is 2. The van der Waals surface area contributed by atoms with Crippen LogP contribution in [0.15, 0.2) is 42.6 Å². The minimum Gasteiger partial charge on any atom is -0.497 e. The quantitative estimate of drug-likeness (QED) is 0.608. The van der Waals surface area contributed by atoms with Gasteiger partial charge in [0.05, 0.1) is 13.3 Å². The lowest BCUT2D eigenvalue weighted by atomic mass is 10.2. The highest BCUT2D eigenvalue weighted by Crippen LogP contribution is 2.14. The van der Waals surface area contributed by atoms with E-state index < -0.39 is 18.0 Å². The molecule has 26 heavy (non-hydrogen) atoms. The summed E-state index contributed by atoms with van der Waals surface area (Å²) < 4.78 is 11.9. The van der Waals surface area contributed by atoms with Crippen molar-refractivity contribution in [3.05, 3.63) is 48.2 Å². The number of carbonyl (C=O) groups excluding carboxylic acids is 2. The smallest absolute Gasteiger partial charge is 0.331 e. The molecule has 138 valence electrons. The number of amides is 1. The first kappa shape index (κ1) is 19.2. The molecular formula is C19H23N3O4. The highest BCUT2D eigenvalue weighted by molar-refractivity contribution is 5.96. The van der Waals surface area contributed by atoms with E-state index in [0.29, 0.717) is 5.82 Å². The summed E-state index contributed by atoms with van der Waals surface area (Å²) in [5.41, 5.74) is 0.820. The molecule has 0 bridgehead atoms. The molecule has 0 aliphatic carbocycles. The van der Waals surface area contributed by atoms with Crippen molar-refractivity contribution in [3.8, 4) is 5.75 Å². The van der Waals surface area contributed by atoms with Gasteiger partial charge in [0.15, 0.2) is 6.10 Å². The molecule has 7 nitrogen and oxygen atoms in total. The van der Waals surface area contributed by atoms with Crippen LogP contribution >= 0.6 is 0 Å². The van der Waals surface area contributed by atoms with Crippen LogP contribution < -0.4 is 10.1 Å². The molecule has 0 radical (unpaired) electrons. The van der Waals surface area contributed by atoms with Gasteiger partial charge in [-0.3, -0.25) is 4.79 Å². The van der Waals surface area contributed by atoms with E-state index in [1.807, 2.05) is 26.0 Å².